The van der Waals surface area contributed by atoms with E-state index in [9.17, 15) is 4.79 Å². The van der Waals surface area contributed by atoms with Crippen LogP contribution in [-0.2, 0) is 23.5 Å². The predicted molar refractivity (Wildman–Crippen MR) is 103 cm³/mol. The molecular weight excluding hydrogens is 316 g/mol. The Morgan fingerprint density at radius 2 is 1.75 bits per heavy atom. The van der Waals surface area contributed by atoms with Crippen LogP contribution in [0.25, 0.3) is 0 Å². The molecule has 24 heavy (non-hydrogen) atoms. The van der Waals surface area contributed by atoms with Crippen molar-refractivity contribution in [1.82, 2.24) is 0 Å². The number of alkyl halides is 1. The molecule has 0 heterocycles. The summed E-state index contributed by atoms with van der Waals surface area (Å²) in [6.07, 6.45) is 2.51. The highest BCUT2D eigenvalue weighted by Crippen LogP contribution is 2.22. The number of hydrogen-bond acceptors (Lipinski definition) is 1. The van der Waals surface area contributed by atoms with Crippen LogP contribution in [0.5, 0.6) is 0 Å². The van der Waals surface area contributed by atoms with Gasteiger partial charge in [-0.25, -0.2) is 0 Å². The van der Waals surface area contributed by atoms with Gasteiger partial charge in [0.2, 0.25) is 0 Å². The van der Waals surface area contributed by atoms with Gasteiger partial charge in [0, 0.05) is 17.7 Å². The van der Waals surface area contributed by atoms with E-state index in [0.717, 1.165) is 24.8 Å². The average molecular weight is 343 g/mol. The van der Waals surface area contributed by atoms with Crippen molar-refractivity contribution in [2.45, 2.75) is 45.9 Å². The smallest absolute Gasteiger partial charge is 0.139 e. The van der Waals surface area contributed by atoms with Crippen LogP contribution in [0.2, 0.25) is 0 Å². The fraction of sp³-hybridized carbons (Fsp3) is 0.409. The molecule has 0 aliphatic heterocycles. The van der Waals surface area contributed by atoms with Gasteiger partial charge in [-0.1, -0.05) is 62.4 Å². The summed E-state index contributed by atoms with van der Waals surface area (Å²) in [7, 11) is 0. The molecule has 0 N–H and O–H groups in total. The van der Waals surface area contributed by atoms with Crippen molar-refractivity contribution in [3.63, 3.8) is 0 Å². The Balaban J connectivity index is 2.04. The van der Waals surface area contributed by atoms with Crippen molar-refractivity contribution in [3.05, 3.63) is 70.8 Å². The summed E-state index contributed by atoms with van der Waals surface area (Å²) in [5.74, 6) is 1.02. The van der Waals surface area contributed by atoms with Crippen molar-refractivity contribution in [2.24, 2.45) is 11.8 Å². The van der Waals surface area contributed by atoms with Crippen molar-refractivity contribution in [2.75, 3.05) is 0 Å². The Morgan fingerprint density at radius 1 is 1.04 bits per heavy atom. The van der Waals surface area contributed by atoms with Crippen LogP contribution in [0.1, 0.15) is 42.5 Å². The molecule has 0 aliphatic carbocycles. The third-order valence-electron chi connectivity index (χ3n) is 4.81. The van der Waals surface area contributed by atoms with Crippen LogP contribution >= 0.6 is 11.6 Å². The van der Waals surface area contributed by atoms with Crippen molar-refractivity contribution in [1.29, 1.82) is 0 Å². The largest absolute Gasteiger partial charge is 0.299 e. The maximum atomic E-state index is 12.9. The van der Waals surface area contributed by atoms with E-state index in [1.54, 1.807) is 0 Å². The Kier molecular flexibility index (Phi) is 7.05. The number of carbonyl (C=O) groups is 1. The van der Waals surface area contributed by atoms with Crippen LogP contribution in [0.4, 0.5) is 0 Å². The fourth-order valence-corrected chi connectivity index (χ4v) is 3.48. The molecule has 2 unspecified atom stereocenters. The summed E-state index contributed by atoms with van der Waals surface area (Å²) in [4.78, 5) is 12.9. The first-order valence-corrected chi connectivity index (χ1v) is 9.30. The van der Waals surface area contributed by atoms with Crippen molar-refractivity contribution in [3.8, 4) is 0 Å². The first kappa shape index (κ1) is 18.7. The third-order valence-corrected chi connectivity index (χ3v) is 5.09. The van der Waals surface area contributed by atoms with E-state index < -0.39 is 0 Å². The maximum absolute atomic E-state index is 12.9. The Hall–Kier alpha value is -1.60. The van der Waals surface area contributed by atoms with Gasteiger partial charge >= 0.3 is 0 Å². The quantitative estimate of drug-likeness (QED) is 0.558. The second-order valence-corrected chi connectivity index (χ2v) is 6.96. The van der Waals surface area contributed by atoms with Crippen LogP contribution in [0.3, 0.4) is 0 Å². The summed E-state index contributed by atoms with van der Waals surface area (Å²) in [6, 6.07) is 16.7. The molecule has 0 spiro atoms. The number of Topliss-reactive ketones (excluding diaryl/α,β-unsaturated/α-hetero) is 1. The minimum absolute atomic E-state index is 0.0320. The number of aryl methyl sites for hydroxylation is 1. The van der Waals surface area contributed by atoms with Crippen molar-refractivity contribution >= 4 is 17.4 Å². The van der Waals surface area contributed by atoms with E-state index in [2.05, 4.69) is 51.1 Å². The molecule has 2 heteroatoms. The lowest BCUT2D eigenvalue weighted by atomic mass is 9.84. The Labute approximate surface area is 151 Å². The molecule has 0 amide bonds. The van der Waals surface area contributed by atoms with Crippen LogP contribution in [0.15, 0.2) is 48.5 Å². The molecule has 1 nitrogen and oxygen atoms in total. The molecule has 0 aromatic heterocycles. The average Bonchev–Trinajstić information content (AvgIpc) is 2.61. The lowest BCUT2D eigenvalue weighted by molar-refractivity contribution is -0.126. The number of halogens is 1. The second-order valence-electron chi connectivity index (χ2n) is 6.70. The normalized spacial score (nSPS) is 13.5. The number of carbonyl (C=O) groups excluding carboxylic acids is 1. The fourth-order valence-electron chi connectivity index (χ4n) is 3.20. The van der Waals surface area contributed by atoms with Gasteiger partial charge in [-0.2, -0.15) is 0 Å². The number of benzene rings is 2. The van der Waals surface area contributed by atoms with Gasteiger partial charge in [0.05, 0.1) is 0 Å². The molecule has 0 fully saturated rings. The molecule has 2 aromatic carbocycles. The van der Waals surface area contributed by atoms with E-state index in [1.165, 1.54) is 16.7 Å². The van der Waals surface area contributed by atoms with Gasteiger partial charge < -0.3 is 0 Å². The predicted octanol–water partition coefficient (Wildman–Crippen LogP) is 5.75. The number of hydrogen-bond donors (Lipinski definition) is 0. The molecule has 128 valence electrons. The number of rotatable bonds is 8. The van der Waals surface area contributed by atoms with Gasteiger partial charge in [-0.3, -0.25) is 4.79 Å². The molecule has 0 saturated heterocycles. The maximum Gasteiger partial charge on any atom is 0.139 e. The Morgan fingerprint density at radius 3 is 2.38 bits per heavy atom. The first-order chi connectivity index (χ1) is 11.5. The molecule has 0 radical (unpaired) electrons. The minimum Gasteiger partial charge on any atom is -0.299 e. The molecule has 2 aromatic rings. The molecule has 0 saturated carbocycles. The van der Waals surface area contributed by atoms with Gasteiger partial charge in [-0.05, 0) is 48.4 Å². The first-order valence-electron chi connectivity index (χ1n) is 8.77. The van der Waals surface area contributed by atoms with Crippen LogP contribution in [-0.4, -0.2) is 5.78 Å². The standard InChI is InChI=1S/C22H27ClO/c1-4-20(13-18-8-6-5-7-9-18)22(24)17(3)12-19-11-10-16(2)21(14-19)15-23/h5-11,14,17,20H,4,12-13,15H2,1-3H3. The molecule has 0 aliphatic rings. The minimum atomic E-state index is 0.0320. The third kappa shape index (κ3) is 4.95. The van der Waals surface area contributed by atoms with Crippen LogP contribution < -0.4 is 0 Å². The topological polar surface area (TPSA) is 17.1 Å². The van der Waals surface area contributed by atoms with Crippen molar-refractivity contribution < 1.29 is 4.79 Å². The summed E-state index contributed by atoms with van der Waals surface area (Å²) in [6.45, 7) is 6.23. The van der Waals surface area contributed by atoms with Gasteiger partial charge in [0.25, 0.3) is 0 Å². The van der Waals surface area contributed by atoms with E-state index in [-0.39, 0.29) is 11.8 Å². The molecule has 2 rings (SSSR count). The second kappa shape index (κ2) is 9.03. The van der Waals surface area contributed by atoms with E-state index in [4.69, 9.17) is 11.6 Å². The summed E-state index contributed by atoms with van der Waals surface area (Å²) < 4.78 is 0. The van der Waals surface area contributed by atoms with Gasteiger partial charge in [0.1, 0.15) is 5.78 Å². The highest BCUT2D eigenvalue weighted by molar-refractivity contribution is 6.17. The summed E-state index contributed by atoms with van der Waals surface area (Å²) in [5.41, 5.74) is 4.81. The van der Waals surface area contributed by atoms with E-state index in [0.29, 0.717) is 11.7 Å². The monoisotopic (exact) mass is 342 g/mol. The molecular formula is C22H27ClO. The summed E-state index contributed by atoms with van der Waals surface area (Å²) >= 11 is 6.00. The highest BCUT2D eigenvalue weighted by atomic mass is 35.5. The zero-order valence-electron chi connectivity index (χ0n) is 14.9. The zero-order chi connectivity index (χ0) is 17.5. The van der Waals surface area contributed by atoms with E-state index >= 15 is 0 Å². The SMILES string of the molecule is CCC(Cc1ccccc1)C(=O)C(C)Cc1ccc(C)c(CCl)c1. The lowest BCUT2D eigenvalue weighted by Gasteiger charge is -2.19. The van der Waals surface area contributed by atoms with Crippen LogP contribution in [0, 0.1) is 18.8 Å². The summed E-state index contributed by atoms with van der Waals surface area (Å²) in [5, 5.41) is 0. The zero-order valence-corrected chi connectivity index (χ0v) is 15.6. The molecule has 0 bridgehead atoms. The van der Waals surface area contributed by atoms with Gasteiger partial charge in [0.15, 0.2) is 0 Å². The molecule has 2 atom stereocenters. The highest BCUT2D eigenvalue weighted by Gasteiger charge is 2.23. The Bertz CT molecular complexity index is 663. The lowest BCUT2D eigenvalue weighted by Crippen LogP contribution is -2.24. The number of ketones is 1. The van der Waals surface area contributed by atoms with Gasteiger partial charge in [-0.15, -0.1) is 11.6 Å². The van der Waals surface area contributed by atoms with E-state index in [1.807, 2.05) is 18.2 Å².